The molecule has 0 aliphatic heterocycles. The quantitative estimate of drug-likeness (QED) is 0.387. The summed E-state index contributed by atoms with van der Waals surface area (Å²) in [7, 11) is 0. The maximum Gasteiger partial charge on any atom is 0.256 e. The van der Waals surface area contributed by atoms with E-state index in [1.54, 1.807) is 29.5 Å². The van der Waals surface area contributed by atoms with E-state index >= 15 is 0 Å². The number of hydrogen-bond donors (Lipinski definition) is 1. The molecule has 1 saturated carbocycles. The normalized spacial score (nSPS) is 13.4. The van der Waals surface area contributed by atoms with Crippen molar-refractivity contribution in [3.63, 3.8) is 0 Å². The standard InChI is InChI=1S/C25H20ClN7O/c1-15-23-18(25(34)29-17-7-8-21(19(26)12-17)32-11-10-27-14-32)13-20(16-5-6-16)30-24(23)33(31-15)22-4-2-3-9-28-22/h2-4,7-14,16H,5-6H2,1H3,(H,29,34). The number of benzene rings is 1. The predicted molar refractivity (Wildman–Crippen MR) is 130 cm³/mol. The van der Waals surface area contributed by atoms with Crippen LogP contribution >= 0.6 is 11.6 Å². The molecular weight excluding hydrogens is 450 g/mol. The molecule has 0 unspecified atom stereocenters. The van der Waals surface area contributed by atoms with Gasteiger partial charge >= 0.3 is 0 Å². The molecule has 0 saturated heterocycles. The van der Waals surface area contributed by atoms with Gasteiger partial charge in [0.15, 0.2) is 11.5 Å². The maximum atomic E-state index is 13.5. The van der Waals surface area contributed by atoms with Gasteiger partial charge in [0, 0.05) is 35.9 Å². The number of fused-ring (bicyclic) bond motifs is 1. The van der Waals surface area contributed by atoms with Crippen LogP contribution in [-0.2, 0) is 0 Å². The van der Waals surface area contributed by atoms with Gasteiger partial charge < -0.3 is 9.88 Å². The van der Waals surface area contributed by atoms with Crippen LogP contribution in [0.15, 0.2) is 67.4 Å². The van der Waals surface area contributed by atoms with Crippen LogP contribution in [0.25, 0.3) is 22.5 Å². The highest BCUT2D eigenvalue weighted by molar-refractivity contribution is 6.32. The van der Waals surface area contributed by atoms with Crippen molar-refractivity contribution >= 4 is 34.2 Å². The van der Waals surface area contributed by atoms with Crippen LogP contribution in [-0.4, -0.2) is 35.2 Å². The molecule has 6 rings (SSSR count). The molecule has 4 aromatic heterocycles. The van der Waals surface area contributed by atoms with Crippen molar-refractivity contribution in [2.75, 3.05) is 5.32 Å². The Kier molecular flexibility index (Phi) is 4.88. The molecule has 1 N–H and O–H groups in total. The number of hydrogen-bond acceptors (Lipinski definition) is 5. The summed E-state index contributed by atoms with van der Waals surface area (Å²) in [4.78, 5) is 26.9. The van der Waals surface area contributed by atoms with E-state index in [0.717, 1.165) is 24.2 Å². The Morgan fingerprint density at radius 3 is 2.74 bits per heavy atom. The number of rotatable bonds is 5. The molecule has 1 amide bonds. The van der Waals surface area contributed by atoms with Crippen molar-refractivity contribution in [2.24, 2.45) is 0 Å². The number of anilines is 1. The average Bonchev–Trinajstić information content (AvgIpc) is 3.46. The van der Waals surface area contributed by atoms with Gasteiger partial charge in [0.05, 0.1) is 33.7 Å². The lowest BCUT2D eigenvalue weighted by Gasteiger charge is -2.11. The third kappa shape index (κ3) is 3.62. The molecule has 8 nitrogen and oxygen atoms in total. The van der Waals surface area contributed by atoms with E-state index in [9.17, 15) is 4.79 Å². The van der Waals surface area contributed by atoms with Crippen molar-refractivity contribution in [1.29, 1.82) is 0 Å². The van der Waals surface area contributed by atoms with Crippen molar-refractivity contribution < 1.29 is 4.79 Å². The summed E-state index contributed by atoms with van der Waals surface area (Å²) in [6.45, 7) is 1.88. The predicted octanol–water partition coefficient (Wildman–Crippen LogP) is 5.09. The first-order valence-electron chi connectivity index (χ1n) is 11.0. The van der Waals surface area contributed by atoms with Crippen LogP contribution in [0.2, 0.25) is 5.02 Å². The SMILES string of the molecule is Cc1nn(-c2ccccn2)c2nc(C3CC3)cc(C(=O)Nc3ccc(-n4ccnc4)c(Cl)c3)c12. The van der Waals surface area contributed by atoms with Gasteiger partial charge in [-0.05, 0) is 56.2 Å². The van der Waals surface area contributed by atoms with Gasteiger partial charge in [-0.3, -0.25) is 4.79 Å². The van der Waals surface area contributed by atoms with Gasteiger partial charge in [-0.25, -0.2) is 15.0 Å². The highest BCUT2D eigenvalue weighted by Gasteiger charge is 2.29. The Labute approximate surface area is 200 Å². The minimum atomic E-state index is -0.232. The number of imidazole rings is 1. The van der Waals surface area contributed by atoms with Crippen molar-refractivity contribution in [3.8, 4) is 11.5 Å². The van der Waals surface area contributed by atoms with E-state index in [1.165, 1.54) is 0 Å². The molecule has 1 aromatic carbocycles. The number of amides is 1. The van der Waals surface area contributed by atoms with E-state index < -0.39 is 0 Å². The van der Waals surface area contributed by atoms with E-state index in [4.69, 9.17) is 16.6 Å². The highest BCUT2D eigenvalue weighted by Crippen LogP contribution is 2.41. The Balaban J connectivity index is 1.41. The lowest BCUT2D eigenvalue weighted by atomic mass is 10.1. The molecule has 34 heavy (non-hydrogen) atoms. The maximum absolute atomic E-state index is 13.5. The van der Waals surface area contributed by atoms with Crippen LogP contribution in [0.1, 0.15) is 40.5 Å². The third-order valence-electron chi connectivity index (χ3n) is 5.93. The molecule has 0 atom stereocenters. The number of aromatic nitrogens is 6. The number of aryl methyl sites for hydroxylation is 1. The van der Waals surface area contributed by atoms with Crippen LogP contribution in [0, 0.1) is 6.92 Å². The fourth-order valence-corrected chi connectivity index (χ4v) is 4.39. The molecular formula is C25H20ClN7O. The van der Waals surface area contributed by atoms with Crippen LogP contribution in [0.3, 0.4) is 0 Å². The summed E-state index contributed by atoms with van der Waals surface area (Å²) in [5.74, 6) is 0.797. The monoisotopic (exact) mass is 469 g/mol. The first-order chi connectivity index (χ1) is 16.6. The largest absolute Gasteiger partial charge is 0.322 e. The summed E-state index contributed by atoms with van der Waals surface area (Å²) >= 11 is 6.49. The van der Waals surface area contributed by atoms with Gasteiger partial charge in [-0.1, -0.05) is 17.7 Å². The third-order valence-corrected chi connectivity index (χ3v) is 6.23. The van der Waals surface area contributed by atoms with Crippen molar-refractivity contribution in [3.05, 3.63) is 89.4 Å². The Hall–Kier alpha value is -4.04. The minimum Gasteiger partial charge on any atom is -0.322 e. The van der Waals surface area contributed by atoms with Gasteiger partial charge in [0.2, 0.25) is 0 Å². The van der Waals surface area contributed by atoms with Crippen molar-refractivity contribution in [2.45, 2.75) is 25.7 Å². The smallest absolute Gasteiger partial charge is 0.256 e. The average molecular weight is 470 g/mol. The van der Waals surface area contributed by atoms with E-state index in [2.05, 4.69) is 20.4 Å². The number of carbonyl (C=O) groups excluding carboxylic acids is 1. The van der Waals surface area contributed by atoms with E-state index in [0.29, 0.717) is 44.7 Å². The molecule has 5 aromatic rings. The summed E-state index contributed by atoms with van der Waals surface area (Å²) < 4.78 is 3.53. The summed E-state index contributed by atoms with van der Waals surface area (Å²) in [5, 5.41) is 8.89. The first kappa shape index (κ1) is 20.6. The number of nitrogens with one attached hydrogen (secondary N) is 1. The Bertz CT molecular complexity index is 1520. The lowest BCUT2D eigenvalue weighted by molar-refractivity contribution is 0.102. The molecule has 168 valence electrons. The molecule has 1 aliphatic rings. The molecule has 1 aliphatic carbocycles. The zero-order valence-electron chi connectivity index (χ0n) is 18.3. The van der Waals surface area contributed by atoms with Gasteiger partial charge in [0.25, 0.3) is 5.91 Å². The molecule has 0 spiro atoms. The van der Waals surface area contributed by atoms with Crippen molar-refractivity contribution in [1.82, 2.24) is 29.3 Å². The number of nitrogens with zero attached hydrogens (tertiary/aromatic N) is 6. The first-order valence-corrected chi connectivity index (χ1v) is 11.4. The molecule has 4 heterocycles. The van der Waals surface area contributed by atoms with E-state index in [1.807, 2.05) is 54.1 Å². The minimum absolute atomic E-state index is 0.232. The van der Waals surface area contributed by atoms with Crippen LogP contribution < -0.4 is 5.32 Å². The Morgan fingerprint density at radius 1 is 1.15 bits per heavy atom. The van der Waals surface area contributed by atoms with Gasteiger partial charge in [-0.15, -0.1) is 0 Å². The summed E-state index contributed by atoms with van der Waals surface area (Å²) in [6.07, 6.45) is 9.03. The second kappa shape index (κ2) is 8.07. The highest BCUT2D eigenvalue weighted by atomic mass is 35.5. The lowest BCUT2D eigenvalue weighted by Crippen LogP contribution is -2.14. The number of halogens is 1. The fourth-order valence-electron chi connectivity index (χ4n) is 4.11. The van der Waals surface area contributed by atoms with Crippen LogP contribution in [0.5, 0.6) is 0 Å². The number of carbonyl (C=O) groups is 1. The fraction of sp³-hybridized carbons (Fsp3) is 0.160. The van der Waals surface area contributed by atoms with Crippen LogP contribution in [0.4, 0.5) is 5.69 Å². The molecule has 0 radical (unpaired) electrons. The summed E-state index contributed by atoms with van der Waals surface area (Å²) in [6, 6.07) is 12.9. The van der Waals surface area contributed by atoms with Gasteiger partial charge in [0.1, 0.15) is 0 Å². The number of pyridine rings is 2. The zero-order chi connectivity index (χ0) is 23.2. The second-order valence-electron chi connectivity index (χ2n) is 8.34. The van der Waals surface area contributed by atoms with E-state index in [-0.39, 0.29) is 5.91 Å². The topological polar surface area (TPSA) is 90.5 Å². The zero-order valence-corrected chi connectivity index (χ0v) is 19.1. The summed E-state index contributed by atoms with van der Waals surface area (Å²) in [5.41, 5.74) is 4.19. The molecule has 0 bridgehead atoms. The molecule has 1 fully saturated rings. The molecule has 9 heteroatoms. The Morgan fingerprint density at radius 2 is 2.03 bits per heavy atom. The second-order valence-corrected chi connectivity index (χ2v) is 8.75. The van der Waals surface area contributed by atoms with Gasteiger partial charge in [-0.2, -0.15) is 9.78 Å².